The Labute approximate surface area is 147 Å². The molecular weight excluding hydrogens is 300 g/mol. The van der Waals surface area contributed by atoms with Crippen LogP contribution < -0.4 is 0 Å². The van der Waals surface area contributed by atoms with E-state index in [1.807, 2.05) is 12.1 Å². The largest absolute Gasteiger partial charge is 0.0725 e. The van der Waals surface area contributed by atoms with Crippen molar-refractivity contribution in [2.45, 2.75) is 5.41 Å². The van der Waals surface area contributed by atoms with Crippen LogP contribution in [0.25, 0.3) is 22.3 Å². The van der Waals surface area contributed by atoms with Gasteiger partial charge in [0.1, 0.15) is 0 Å². The molecule has 0 heteroatoms. The van der Waals surface area contributed by atoms with Crippen molar-refractivity contribution in [2.75, 3.05) is 0 Å². The number of hydrogen-bond acceptors (Lipinski definition) is 0. The highest BCUT2D eigenvalue weighted by Crippen LogP contribution is 2.62. The highest BCUT2D eigenvalue weighted by molar-refractivity contribution is 5.94. The van der Waals surface area contributed by atoms with Crippen LogP contribution in [0.2, 0.25) is 0 Å². The van der Waals surface area contributed by atoms with E-state index in [2.05, 4.69) is 84.9 Å². The van der Waals surface area contributed by atoms with E-state index in [4.69, 9.17) is 0 Å². The quantitative estimate of drug-likeness (QED) is 0.341. The molecule has 0 atom stereocenters. The van der Waals surface area contributed by atoms with E-state index in [1.54, 1.807) is 0 Å². The average Bonchev–Trinajstić information content (AvgIpc) is 3.16. The van der Waals surface area contributed by atoms with E-state index < -0.39 is 0 Å². The maximum atomic E-state index is 3.27. The Morgan fingerprint density at radius 3 is 1.44 bits per heavy atom. The fourth-order valence-corrected chi connectivity index (χ4v) is 4.92. The van der Waals surface area contributed by atoms with E-state index in [-0.39, 0.29) is 5.41 Å². The van der Waals surface area contributed by atoms with Gasteiger partial charge in [-0.1, -0.05) is 72.8 Å². The Morgan fingerprint density at radius 1 is 0.480 bits per heavy atom. The molecule has 1 spiro atoms. The molecule has 4 aromatic carbocycles. The summed E-state index contributed by atoms with van der Waals surface area (Å²) in [5.74, 6) is 0. The summed E-state index contributed by atoms with van der Waals surface area (Å²) in [6.07, 6.45) is 0. The van der Waals surface area contributed by atoms with Crippen LogP contribution in [-0.4, -0.2) is 0 Å². The van der Waals surface area contributed by atoms with Crippen LogP contribution >= 0.6 is 0 Å². The molecule has 2 radical (unpaired) electrons. The lowest BCUT2D eigenvalue weighted by Gasteiger charge is -2.30. The maximum Gasteiger partial charge on any atom is 0.0725 e. The number of rotatable bonds is 0. The Morgan fingerprint density at radius 2 is 0.920 bits per heavy atom. The van der Waals surface area contributed by atoms with Gasteiger partial charge >= 0.3 is 0 Å². The molecule has 0 bridgehead atoms. The molecule has 6 rings (SSSR count). The molecule has 0 heterocycles. The van der Waals surface area contributed by atoms with Gasteiger partial charge in [-0.3, -0.25) is 0 Å². The molecule has 0 saturated carbocycles. The van der Waals surface area contributed by atoms with Crippen LogP contribution in [0.4, 0.5) is 0 Å². The smallest absolute Gasteiger partial charge is 0.0619 e. The Kier molecular flexibility index (Phi) is 2.37. The minimum atomic E-state index is -0.220. The molecule has 0 fully saturated rings. The van der Waals surface area contributed by atoms with E-state index in [9.17, 15) is 0 Å². The number of hydrogen-bond donors (Lipinski definition) is 0. The number of fused-ring (bicyclic) bond motifs is 10. The second kappa shape index (κ2) is 4.49. The van der Waals surface area contributed by atoms with Crippen LogP contribution in [0, 0.1) is 12.1 Å². The molecule has 0 amide bonds. The van der Waals surface area contributed by atoms with Gasteiger partial charge in [0.2, 0.25) is 0 Å². The molecule has 114 valence electrons. The lowest BCUT2D eigenvalue weighted by molar-refractivity contribution is 0.793. The predicted octanol–water partition coefficient (Wildman–Crippen LogP) is 5.63. The molecule has 4 aromatic rings. The number of benzene rings is 4. The zero-order valence-electron chi connectivity index (χ0n) is 13.6. The minimum absolute atomic E-state index is 0.220. The molecule has 0 aliphatic heterocycles. The van der Waals surface area contributed by atoms with Crippen molar-refractivity contribution >= 4 is 0 Å². The first-order valence-corrected chi connectivity index (χ1v) is 8.63. The first kappa shape index (κ1) is 13.2. The fraction of sp³-hybridized carbons (Fsp3) is 0.0400. The first-order chi connectivity index (χ1) is 12.4. The van der Waals surface area contributed by atoms with Crippen LogP contribution in [0.3, 0.4) is 0 Å². The van der Waals surface area contributed by atoms with E-state index >= 15 is 0 Å². The van der Waals surface area contributed by atoms with Gasteiger partial charge in [-0.15, -0.1) is 0 Å². The van der Waals surface area contributed by atoms with Crippen LogP contribution in [-0.2, 0) is 5.41 Å². The van der Waals surface area contributed by atoms with Gasteiger partial charge in [0.25, 0.3) is 0 Å². The van der Waals surface area contributed by atoms with Crippen LogP contribution in [0.15, 0.2) is 84.9 Å². The van der Waals surface area contributed by atoms with Crippen molar-refractivity contribution in [3.05, 3.63) is 119 Å². The summed E-state index contributed by atoms with van der Waals surface area (Å²) < 4.78 is 0. The summed E-state index contributed by atoms with van der Waals surface area (Å²) in [6.45, 7) is 0. The van der Waals surface area contributed by atoms with Gasteiger partial charge < -0.3 is 0 Å². The molecular formula is C25H14. The Bertz CT molecular complexity index is 962. The highest BCUT2D eigenvalue weighted by Gasteiger charge is 2.51. The van der Waals surface area contributed by atoms with E-state index in [1.165, 1.54) is 44.5 Å². The predicted molar refractivity (Wildman–Crippen MR) is 100 cm³/mol. The highest BCUT2D eigenvalue weighted by atomic mass is 14.5. The van der Waals surface area contributed by atoms with Gasteiger partial charge in [0, 0.05) is 0 Å². The van der Waals surface area contributed by atoms with Crippen molar-refractivity contribution in [1.29, 1.82) is 0 Å². The lowest BCUT2D eigenvalue weighted by Crippen LogP contribution is -2.25. The SMILES string of the molecule is [c]1ccc2c(c1)-c1c[c]ccc1C21c2ccccc2-c2ccccc21. The summed E-state index contributed by atoms with van der Waals surface area (Å²) >= 11 is 0. The summed E-state index contributed by atoms with van der Waals surface area (Å²) in [7, 11) is 0. The molecule has 2 aliphatic carbocycles. The van der Waals surface area contributed by atoms with Gasteiger partial charge in [0.15, 0.2) is 0 Å². The van der Waals surface area contributed by atoms with Gasteiger partial charge in [-0.05, 0) is 68.8 Å². The molecule has 0 aromatic heterocycles. The average molecular weight is 314 g/mol. The maximum absolute atomic E-state index is 3.27. The lowest BCUT2D eigenvalue weighted by atomic mass is 9.70. The third kappa shape index (κ3) is 1.40. The summed E-state index contributed by atoms with van der Waals surface area (Å²) in [5, 5.41) is 0. The van der Waals surface area contributed by atoms with Crippen molar-refractivity contribution in [2.24, 2.45) is 0 Å². The fourth-order valence-electron chi connectivity index (χ4n) is 4.92. The minimum Gasteiger partial charge on any atom is -0.0619 e. The summed E-state index contributed by atoms with van der Waals surface area (Å²) in [4.78, 5) is 0. The Hall–Kier alpha value is -3.12. The molecule has 25 heavy (non-hydrogen) atoms. The third-order valence-electron chi connectivity index (χ3n) is 5.78. The topological polar surface area (TPSA) is 0 Å². The summed E-state index contributed by atoms with van der Waals surface area (Å²) in [6, 6.07) is 37.1. The van der Waals surface area contributed by atoms with Crippen molar-refractivity contribution in [3.63, 3.8) is 0 Å². The van der Waals surface area contributed by atoms with Gasteiger partial charge in [0.05, 0.1) is 5.41 Å². The summed E-state index contributed by atoms with van der Waals surface area (Å²) in [5.41, 5.74) is 10.5. The van der Waals surface area contributed by atoms with Crippen LogP contribution in [0.1, 0.15) is 22.3 Å². The van der Waals surface area contributed by atoms with Crippen molar-refractivity contribution in [3.8, 4) is 22.3 Å². The second-order valence-electron chi connectivity index (χ2n) is 6.78. The van der Waals surface area contributed by atoms with Crippen molar-refractivity contribution < 1.29 is 0 Å². The molecule has 0 N–H and O–H groups in total. The van der Waals surface area contributed by atoms with E-state index in [0.717, 1.165) is 0 Å². The molecule has 0 saturated heterocycles. The first-order valence-electron chi connectivity index (χ1n) is 8.63. The van der Waals surface area contributed by atoms with E-state index in [0.29, 0.717) is 0 Å². The Balaban J connectivity index is 1.89. The normalized spacial score (nSPS) is 14.7. The zero-order valence-corrected chi connectivity index (χ0v) is 13.6. The van der Waals surface area contributed by atoms with Gasteiger partial charge in [-0.25, -0.2) is 0 Å². The molecule has 0 unspecified atom stereocenters. The van der Waals surface area contributed by atoms with Crippen molar-refractivity contribution in [1.82, 2.24) is 0 Å². The zero-order chi connectivity index (χ0) is 16.4. The monoisotopic (exact) mass is 314 g/mol. The van der Waals surface area contributed by atoms with Gasteiger partial charge in [-0.2, -0.15) is 0 Å². The standard InChI is InChI=1S/C25H14/c1-5-13-21-17(9-1)18-10-2-6-14-22(18)25(21)23-15-7-3-11-19(23)20-12-4-8-16-24(20)25/h1-2,5-16H. The molecule has 0 nitrogen and oxygen atoms in total. The van der Waals surface area contributed by atoms with Crippen LogP contribution in [0.5, 0.6) is 0 Å². The third-order valence-corrected chi connectivity index (χ3v) is 5.78. The molecule has 2 aliphatic rings. The second-order valence-corrected chi connectivity index (χ2v) is 6.78.